The number of nitro groups is 1. The van der Waals surface area contributed by atoms with E-state index in [2.05, 4.69) is 4.98 Å². The number of nitrogens with zero attached hydrogens (tertiary/aromatic N) is 4. The predicted molar refractivity (Wildman–Crippen MR) is 68.2 cm³/mol. The molecule has 0 bridgehead atoms. The van der Waals surface area contributed by atoms with Crippen molar-refractivity contribution < 1.29 is 14.8 Å². The monoisotopic (exact) mass is 276 g/mol. The molecule has 2 heterocycles. The van der Waals surface area contributed by atoms with Gasteiger partial charge < -0.3 is 10.0 Å². The van der Waals surface area contributed by atoms with Gasteiger partial charge in [0, 0.05) is 25.4 Å². The van der Waals surface area contributed by atoms with Gasteiger partial charge >= 0.3 is 11.7 Å². The number of aromatic nitrogens is 1. The summed E-state index contributed by atoms with van der Waals surface area (Å²) in [5.74, 6) is -0.824. The number of hydrogen-bond acceptors (Lipinski definition) is 6. The van der Waals surface area contributed by atoms with Crippen LogP contribution in [0.5, 0.6) is 0 Å². The van der Waals surface area contributed by atoms with E-state index < -0.39 is 16.3 Å². The van der Waals surface area contributed by atoms with Crippen molar-refractivity contribution in [1.29, 1.82) is 5.26 Å². The Balaban J connectivity index is 2.38. The molecule has 104 valence electrons. The van der Waals surface area contributed by atoms with Crippen LogP contribution in [0.25, 0.3) is 0 Å². The highest BCUT2D eigenvalue weighted by molar-refractivity contribution is 5.76. The van der Waals surface area contributed by atoms with Gasteiger partial charge in [0.2, 0.25) is 5.82 Å². The minimum Gasteiger partial charge on any atom is -0.481 e. The first-order valence-corrected chi connectivity index (χ1v) is 5.90. The van der Waals surface area contributed by atoms with Crippen LogP contribution in [0.15, 0.2) is 12.3 Å². The number of rotatable bonds is 3. The zero-order chi connectivity index (χ0) is 14.9. The Hall–Kier alpha value is -2.69. The Morgan fingerprint density at radius 3 is 2.90 bits per heavy atom. The summed E-state index contributed by atoms with van der Waals surface area (Å²) in [5, 5.41) is 29.0. The second kappa shape index (κ2) is 4.77. The fourth-order valence-electron chi connectivity index (χ4n) is 2.20. The minimum absolute atomic E-state index is 0.0978. The molecular weight excluding hydrogens is 264 g/mol. The molecule has 1 aromatic rings. The molecule has 0 saturated carbocycles. The van der Waals surface area contributed by atoms with E-state index >= 15 is 0 Å². The molecule has 1 aliphatic rings. The molecular formula is C12H12N4O4. The molecule has 2 rings (SSSR count). The SMILES string of the molecule is CC1(C(=O)O)CCN(c2ncc(C#N)cc2[N+](=O)[O-])C1. The quantitative estimate of drug-likeness (QED) is 0.649. The van der Waals surface area contributed by atoms with E-state index in [9.17, 15) is 20.0 Å². The standard InChI is InChI=1S/C12H12N4O4/c1-12(11(17)18)2-3-15(7-12)10-9(16(19)20)4-8(5-13)6-14-10/h4,6H,2-3,7H2,1H3,(H,17,18). The molecule has 20 heavy (non-hydrogen) atoms. The van der Waals surface area contributed by atoms with Crippen LogP contribution >= 0.6 is 0 Å². The molecule has 0 spiro atoms. The summed E-state index contributed by atoms with van der Waals surface area (Å²) in [6.07, 6.45) is 1.64. The van der Waals surface area contributed by atoms with Crippen molar-refractivity contribution in [3.8, 4) is 6.07 Å². The first-order chi connectivity index (χ1) is 9.37. The van der Waals surface area contributed by atoms with Gasteiger partial charge in [0.1, 0.15) is 6.07 Å². The van der Waals surface area contributed by atoms with E-state index in [1.165, 1.54) is 6.20 Å². The molecule has 8 heteroatoms. The Morgan fingerprint density at radius 1 is 1.70 bits per heavy atom. The molecule has 1 unspecified atom stereocenters. The van der Waals surface area contributed by atoms with Crippen LogP contribution in [0, 0.1) is 26.9 Å². The molecule has 8 nitrogen and oxygen atoms in total. The maximum absolute atomic E-state index is 11.2. The largest absolute Gasteiger partial charge is 0.481 e. The van der Waals surface area contributed by atoms with Crippen LogP contribution in [-0.4, -0.2) is 34.1 Å². The maximum atomic E-state index is 11.2. The molecule has 1 aromatic heterocycles. The zero-order valence-electron chi connectivity index (χ0n) is 10.7. The van der Waals surface area contributed by atoms with Gasteiger partial charge in [-0.15, -0.1) is 0 Å². The zero-order valence-corrected chi connectivity index (χ0v) is 10.7. The normalized spacial score (nSPS) is 21.5. The molecule has 1 N–H and O–H groups in total. The second-order valence-electron chi connectivity index (χ2n) is 4.97. The average Bonchev–Trinajstić information content (AvgIpc) is 2.82. The number of aliphatic carboxylic acids is 1. The number of carboxylic acids is 1. The number of nitriles is 1. The summed E-state index contributed by atoms with van der Waals surface area (Å²) in [6, 6.07) is 2.95. The highest BCUT2D eigenvalue weighted by Crippen LogP contribution is 2.36. The van der Waals surface area contributed by atoms with Crippen LogP contribution in [0.4, 0.5) is 11.5 Å². The summed E-state index contributed by atoms with van der Waals surface area (Å²) in [4.78, 5) is 27.2. The lowest BCUT2D eigenvalue weighted by atomic mass is 9.90. The topological polar surface area (TPSA) is 120 Å². The summed E-state index contributed by atoms with van der Waals surface area (Å²) < 4.78 is 0. The molecule has 0 amide bonds. The van der Waals surface area contributed by atoms with Crippen molar-refractivity contribution in [2.24, 2.45) is 5.41 Å². The van der Waals surface area contributed by atoms with Crippen molar-refractivity contribution in [3.63, 3.8) is 0 Å². The van der Waals surface area contributed by atoms with Gasteiger partial charge in [0.05, 0.1) is 15.9 Å². The predicted octanol–water partition coefficient (Wildman–Crippen LogP) is 1.16. The third kappa shape index (κ3) is 2.25. The van der Waals surface area contributed by atoms with Crippen molar-refractivity contribution in [1.82, 2.24) is 4.98 Å². The highest BCUT2D eigenvalue weighted by atomic mass is 16.6. The van der Waals surface area contributed by atoms with E-state index in [4.69, 9.17) is 5.26 Å². The molecule has 0 radical (unpaired) electrons. The van der Waals surface area contributed by atoms with Crippen LogP contribution < -0.4 is 4.90 Å². The number of hydrogen-bond donors (Lipinski definition) is 1. The Kier molecular flexibility index (Phi) is 3.28. The molecule has 1 fully saturated rings. The summed E-state index contributed by atoms with van der Waals surface area (Å²) in [5.41, 5.74) is -1.12. The third-order valence-electron chi connectivity index (χ3n) is 3.46. The van der Waals surface area contributed by atoms with Crippen LogP contribution in [0.3, 0.4) is 0 Å². The smallest absolute Gasteiger partial charge is 0.312 e. The first-order valence-electron chi connectivity index (χ1n) is 5.90. The van der Waals surface area contributed by atoms with Crippen molar-refractivity contribution in [3.05, 3.63) is 27.9 Å². The average molecular weight is 276 g/mol. The minimum atomic E-state index is -0.941. The molecule has 1 saturated heterocycles. The van der Waals surface area contributed by atoms with Gasteiger partial charge in [0.25, 0.3) is 0 Å². The summed E-state index contributed by atoms with van der Waals surface area (Å²) in [6.45, 7) is 2.13. The summed E-state index contributed by atoms with van der Waals surface area (Å²) in [7, 11) is 0. The second-order valence-corrected chi connectivity index (χ2v) is 4.97. The highest BCUT2D eigenvalue weighted by Gasteiger charge is 2.42. The van der Waals surface area contributed by atoms with Crippen LogP contribution in [0.1, 0.15) is 18.9 Å². The van der Waals surface area contributed by atoms with Gasteiger partial charge in [-0.05, 0) is 13.3 Å². The first kappa shape index (κ1) is 13.7. The number of pyridine rings is 1. The number of carbonyl (C=O) groups is 1. The Morgan fingerprint density at radius 2 is 2.40 bits per heavy atom. The van der Waals surface area contributed by atoms with Gasteiger partial charge in [-0.1, -0.05) is 0 Å². The fourth-order valence-corrected chi connectivity index (χ4v) is 2.20. The van der Waals surface area contributed by atoms with Gasteiger partial charge in [-0.3, -0.25) is 14.9 Å². The van der Waals surface area contributed by atoms with Crippen LogP contribution in [-0.2, 0) is 4.79 Å². The Labute approximate surface area is 114 Å². The van der Waals surface area contributed by atoms with Crippen LogP contribution in [0.2, 0.25) is 0 Å². The van der Waals surface area contributed by atoms with Crippen molar-refractivity contribution in [2.45, 2.75) is 13.3 Å². The number of anilines is 1. The lowest BCUT2D eigenvalue weighted by Gasteiger charge is -2.20. The maximum Gasteiger partial charge on any atom is 0.312 e. The molecule has 0 aromatic carbocycles. The lowest BCUT2D eigenvalue weighted by Crippen LogP contribution is -2.32. The van der Waals surface area contributed by atoms with E-state index in [1.807, 2.05) is 0 Å². The van der Waals surface area contributed by atoms with Crippen molar-refractivity contribution >= 4 is 17.5 Å². The van der Waals surface area contributed by atoms with E-state index in [0.717, 1.165) is 6.07 Å². The lowest BCUT2D eigenvalue weighted by molar-refractivity contribution is -0.384. The Bertz CT molecular complexity index is 624. The van der Waals surface area contributed by atoms with Gasteiger partial charge in [0.15, 0.2) is 0 Å². The summed E-state index contributed by atoms with van der Waals surface area (Å²) >= 11 is 0. The molecule has 1 atom stereocenters. The third-order valence-corrected chi connectivity index (χ3v) is 3.46. The van der Waals surface area contributed by atoms with E-state index in [0.29, 0.717) is 13.0 Å². The van der Waals surface area contributed by atoms with Gasteiger partial charge in [-0.2, -0.15) is 5.26 Å². The van der Waals surface area contributed by atoms with Gasteiger partial charge in [-0.25, -0.2) is 4.98 Å². The molecule has 1 aliphatic heterocycles. The van der Waals surface area contributed by atoms with Crippen molar-refractivity contribution in [2.75, 3.05) is 18.0 Å². The number of carboxylic acid groups (broad SMARTS) is 1. The van der Waals surface area contributed by atoms with E-state index in [-0.39, 0.29) is 23.6 Å². The molecule has 0 aliphatic carbocycles. The van der Waals surface area contributed by atoms with E-state index in [1.54, 1.807) is 17.9 Å². The fraction of sp³-hybridized carbons (Fsp3) is 0.417.